The van der Waals surface area contributed by atoms with Gasteiger partial charge in [0.05, 0.1) is 17.6 Å². The molecule has 0 unspecified atom stereocenters. The van der Waals surface area contributed by atoms with E-state index in [9.17, 15) is 8.42 Å². The summed E-state index contributed by atoms with van der Waals surface area (Å²) in [6.45, 7) is 1.95. The van der Waals surface area contributed by atoms with Crippen molar-refractivity contribution < 1.29 is 8.42 Å². The first-order valence-electron chi connectivity index (χ1n) is 6.97. The van der Waals surface area contributed by atoms with Crippen molar-refractivity contribution in [1.29, 1.82) is 0 Å². The van der Waals surface area contributed by atoms with Crippen molar-refractivity contribution in [2.75, 3.05) is 15.8 Å². The van der Waals surface area contributed by atoms with E-state index in [0.717, 1.165) is 22.3 Å². The van der Waals surface area contributed by atoms with Crippen LogP contribution in [0.2, 0.25) is 0 Å². The third kappa shape index (κ3) is 5.31. The summed E-state index contributed by atoms with van der Waals surface area (Å²) in [5.74, 6) is 0.444. The van der Waals surface area contributed by atoms with E-state index in [1.165, 1.54) is 0 Å². The molecule has 5 nitrogen and oxygen atoms in total. The minimum atomic E-state index is -3.31. The van der Waals surface area contributed by atoms with Crippen LogP contribution >= 0.6 is 15.9 Å². The zero-order valence-corrected chi connectivity index (χ0v) is 14.6. The number of unbranched alkanes of at least 4 members (excludes halogenated alkanes) is 1. The van der Waals surface area contributed by atoms with E-state index < -0.39 is 10.0 Å². The van der Waals surface area contributed by atoms with Crippen LogP contribution in [-0.4, -0.2) is 19.2 Å². The van der Waals surface area contributed by atoms with Gasteiger partial charge in [-0.25, -0.2) is 13.4 Å². The monoisotopic (exact) mass is 383 g/mol. The number of rotatable bonds is 7. The molecule has 0 aliphatic rings. The average molecular weight is 384 g/mol. The van der Waals surface area contributed by atoms with Crippen molar-refractivity contribution >= 4 is 43.1 Å². The SMILES string of the molecule is CCCCS(=O)(=O)Nc1ccc(Nc2cccc(Br)c2)cn1. The predicted octanol–water partition coefficient (Wildman–Crippen LogP) is 4.13. The van der Waals surface area contributed by atoms with Crippen molar-refractivity contribution in [3.05, 3.63) is 47.1 Å². The number of sulfonamides is 1. The maximum absolute atomic E-state index is 11.8. The molecule has 0 spiro atoms. The number of aromatic nitrogens is 1. The van der Waals surface area contributed by atoms with Gasteiger partial charge in [0, 0.05) is 10.2 Å². The molecule has 0 aliphatic heterocycles. The highest BCUT2D eigenvalue weighted by molar-refractivity contribution is 9.10. The van der Waals surface area contributed by atoms with E-state index >= 15 is 0 Å². The lowest BCUT2D eigenvalue weighted by Gasteiger charge is -2.09. The highest BCUT2D eigenvalue weighted by Crippen LogP contribution is 2.20. The smallest absolute Gasteiger partial charge is 0.233 e. The van der Waals surface area contributed by atoms with Gasteiger partial charge in [0.25, 0.3) is 0 Å². The zero-order chi connectivity index (χ0) is 16.0. The molecule has 2 aromatic rings. The molecule has 22 heavy (non-hydrogen) atoms. The van der Waals surface area contributed by atoms with Gasteiger partial charge in [-0.15, -0.1) is 0 Å². The van der Waals surface area contributed by atoms with Crippen LogP contribution in [0.5, 0.6) is 0 Å². The van der Waals surface area contributed by atoms with Crippen molar-refractivity contribution in [2.24, 2.45) is 0 Å². The first-order valence-corrected chi connectivity index (χ1v) is 9.42. The number of nitrogens with zero attached hydrogens (tertiary/aromatic N) is 1. The number of hydrogen-bond acceptors (Lipinski definition) is 4. The van der Waals surface area contributed by atoms with Gasteiger partial charge >= 0.3 is 0 Å². The molecule has 2 N–H and O–H groups in total. The molecular formula is C15H18BrN3O2S. The van der Waals surface area contributed by atoms with Crippen LogP contribution in [0.25, 0.3) is 0 Å². The molecule has 0 atom stereocenters. The summed E-state index contributed by atoms with van der Waals surface area (Å²) < 4.78 is 27.1. The Labute approximate surface area is 139 Å². The summed E-state index contributed by atoms with van der Waals surface area (Å²) in [5, 5.41) is 3.20. The first kappa shape index (κ1) is 16.8. The third-order valence-corrected chi connectivity index (χ3v) is 4.74. The molecule has 0 bridgehead atoms. The van der Waals surface area contributed by atoms with Crippen molar-refractivity contribution in [3.63, 3.8) is 0 Å². The highest BCUT2D eigenvalue weighted by Gasteiger charge is 2.10. The summed E-state index contributed by atoms with van der Waals surface area (Å²) in [5.41, 5.74) is 1.71. The largest absolute Gasteiger partial charge is 0.354 e. The van der Waals surface area contributed by atoms with Crippen LogP contribution in [-0.2, 0) is 10.0 Å². The second-order valence-corrected chi connectivity index (χ2v) is 7.60. The topological polar surface area (TPSA) is 71.1 Å². The number of pyridine rings is 1. The van der Waals surface area contributed by atoms with Gasteiger partial charge in [0.15, 0.2) is 0 Å². The van der Waals surface area contributed by atoms with Crippen molar-refractivity contribution in [2.45, 2.75) is 19.8 Å². The van der Waals surface area contributed by atoms with E-state index in [-0.39, 0.29) is 5.75 Å². The molecule has 1 aromatic heterocycles. The van der Waals surface area contributed by atoms with Crippen LogP contribution in [0.4, 0.5) is 17.2 Å². The summed E-state index contributed by atoms with van der Waals surface area (Å²) in [6.07, 6.45) is 3.07. The maximum Gasteiger partial charge on any atom is 0.233 e. The molecule has 0 radical (unpaired) electrons. The standard InChI is InChI=1S/C15H18BrN3O2S/c1-2-3-9-22(20,21)19-15-8-7-14(11-17-15)18-13-6-4-5-12(16)10-13/h4-8,10-11,18H,2-3,9H2,1H3,(H,17,19). The van der Waals surface area contributed by atoms with Gasteiger partial charge in [0.1, 0.15) is 5.82 Å². The number of benzene rings is 1. The number of hydrogen-bond donors (Lipinski definition) is 2. The summed E-state index contributed by atoms with van der Waals surface area (Å²) in [7, 11) is -3.31. The van der Waals surface area contributed by atoms with E-state index in [2.05, 4.69) is 31.0 Å². The fourth-order valence-electron chi connectivity index (χ4n) is 1.81. The Balaban J connectivity index is 2.01. The Morgan fingerprint density at radius 2 is 2.00 bits per heavy atom. The molecule has 1 aromatic carbocycles. The lowest BCUT2D eigenvalue weighted by molar-refractivity contribution is 0.597. The average Bonchev–Trinajstić information content (AvgIpc) is 2.47. The first-order chi connectivity index (χ1) is 10.5. The fraction of sp³-hybridized carbons (Fsp3) is 0.267. The molecule has 0 amide bonds. The quantitative estimate of drug-likeness (QED) is 0.753. The molecule has 118 valence electrons. The van der Waals surface area contributed by atoms with Gasteiger partial charge < -0.3 is 5.32 Å². The van der Waals surface area contributed by atoms with E-state index in [0.29, 0.717) is 12.2 Å². The molecule has 0 fully saturated rings. The number of anilines is 3. The molecule has 2 rings (SSSR count). The minimum Gasteiger partial charge on any atom is -0.354 e. The number of nitrogens with one attached hydrogen (secondary N) is 2. The van der Waals surface area contributed by atoms with Crippen molar-refractivity contribution in [3.8, 4) is 0 Å². The Kier molecular flexibility index (Phi) is 5.79. The second-order valence-electron chi connectivity index (χ2n) is 4.84. The van der Waals surface area contributed by atoms with Gasteiger partial charge in [-0.1, -0.05) is 35.3 Å². The normalized spacial score (nSPS) is 11.2. The lowest BCUT2D eigenvalue weighted by atomic mass is 10.3. The number of halogens is 1. The Morgan fingerprint density at radius 1 is 1.18 bits per heavy atom. The molecule has 0 saturated carbocycles. The Bertz CT molecular complexity index is 718. The lowest BCUT2D eigenvalue weighted by Crippen LogP contribution is -2.17. The molecule has 0 saturated heterocycles. The zero-order valence-electron chi connectivity index (χ0n) is 12.2. The summed E-state index contributed by atoms with van der Waals surface area (Å²) in [4.78, 5) is 4.13. The van der Waals surface area contributed by atoms with Gasteiger partial charge in [-0.2, -0.15) is 0 Å². The van der Waals surface area contributed by atoms with Gasteiger partial charge in [-0.3, -0.25) is 4.72 Å². The minimum absolute atomic E-state index is 0.114. The molecule has 1 heterocycles. The van der Waals surface area contributed by atoms with Crippen LogP contribution in [0.15, 0.2) is 47.1 Å². The van der Waals surface area contributed by atoms with Crippen molar-refractivity contribution in [1.82, 2.24) is 4.98 Å². The Morgan fingerprint density at radius 3 is 2.64 bits per heavy atom. The molecule has 7 heteroatoms. The maximum atomic E-state index is 11.8. The van der Waals surface area contributed by atoms with Crippen LogP contribution in [0.3, 0.4) is 0 Å². The van der Waals surface area contributed by atoms with Gasteiger partial charge in [0.2, 0.25) is 10.0 Å². The fourth-order valence-corrected chi connectivity index (χ4v) is 3.42. The second kappa shape index (κ2) is 7.60. The van der Waals surface area contributed by atoms with E-state index in [1.807, 2.05) is 31.2 Å². The van der Waals surface area contributed by atoms with Crippen LogP contribution in [0, 0.1) is 0 Å². The Hall–Kier alpha value is -1.60. The summed E-state index contributed by atoms with van der Waals surface area (Å²) in [6, 6.07) is 11.2. The third-order valence-electron chi connectivity index (χ3n) is 2.90. The van der Waals surface area contributed by atoms with Gasteiger partial charge in [-0.05, 0) is 36.8 Å². The highest BCUT2D eigenvalue weighted by atomic mass is 79.9. The molecule has 0 aliphatic carbocycles. The summed E-state index contributed by atoms with van der Waals surface area (Å²) >= 11 is 3.41. The predicted molar refractivity (Wildman–Crippen MR) is 94.0 cm³/mol. The van der Waals surface area contributed by atoms with E-state index in [1.54, 1.807) is 18.3 Å². The van der Waals surface area contributed by atoms with Crippen LogP contribution in [0.1, 0.15) is 19.8 Å². The molecular weight excluding hydrogens is 366 g/mol. The van der Waals surface area contributed by atoms with Crippen LogP contribution < -0.4 is 10.0 Å². The van der Waals surface area contributed by atoms with E-state index in [4.69, 9.17) is 0 Å².